The Labute approximate surface area is 56.1 Å². The van der Waals surface area contributed by atoms with Crippen molar-refractivity contribution in [1.82, 2.24) is 0 Å². The van der Waals surface area contributed by atoms with E-state index in [1.165, 1.54) is 32.1 Å². The highest BCUT2D eigenvalue weighted by atomic mass is 16.3. The molecule has 1 spiro atoms. The Morgan fingerprint density at radius 3 is 2.00 bits per heavy atom. The van der Waals surface area contributed by atoms with Gasteiger partial charge in [0.15, 0.2) is 0 Å². The van der Waals surface area contributed by atoms with Crippen molar-refractivity contribution in [3.8, 4) is 0 Å². The molecule has 2 aliphatic carbocycles. The van der Waals surface area contributed by atoms with Crippen LogP contribution in [0.4, 0.5) is 0 Å². The minimum absolute atomic E-state index is 0.0613. The van der Waals surface area contributed by atoms with Crippen LogP contribution in [-0.2, 0) is 0 Å². The SMILES string of the molecule is OC1CCCC12CCC2. The number of aliphatic hydroxyl groups excluding tert-OH is 1. The molecule has 0 bridgehead atoms. The summed E-state index contributed by atoms with van der Waals surface area (Å²) in [5.74, 6) is 0. The van der Waals surface area contributed by atoms with Crippen LogP contribution in [0.1, 0.15) is 38.5 Å². The predicted molar refractivity (Wildman–Crippen MR) is 36.1 cm³/mol. The molecule has 52 valence electrons. The van der Waals surface area contributed by atoms with Gasteiger partial charge >= 0.3 is 0 Å². The summed E-state index contributed by atoms with van der Waals surface area (Å²) in [6.07, 6.45) is 7.65. The lowest BCUT2D eigenvalue weighted by atomic mass is 9.66. The second-order valence-corrected chi connectivity index (χ2v) is 3.62. The predicted octanol–water partition coefficient (Wildman–Crippen LogP) is 1.70. The summed E-state index contributed by atoms with van der Waals surface area (Å²) in [7, 11) is 0. The maximum absolute atomic E-state index is 9.50. The topological polar surface area (TPSA) is 20.2 Å². The van der Waals surface area contributed by atoms with Crippen LogP contribution in [0.25, 0.3) is 0 Å². The van der Waals surface area contributed by atoms with Crippen LogP contribution < -0.4 is 0 Å². The molecule has 0 aromatic carbocycles. The zero-order valence-corrected chi connectivity index (χ0v) is 5.77. The fourth-order valence-corrected chi connectivity index (χ4v) is 2.33. The minimum Gasteiger partial charge on any atom is -0.393 e. The Morgan fingerprint density at radius 2 is 1.78 bits per heavy atom. The molecule has 1 heteroatoms. The molecule has 0 amide bonds. The van der Waals surface area contributed by atoms with Gasteiger partial charge in [-0.3, -0.25) is 0 Å². The van der Waals surface area contributed by atoms with Crippen molar-refractivity contribution >= 4 is 0 Å². The van der Waals surface area contributed by atoms with E-state index in [-0.39, 0.29) is 6.10 Å². The second-order valence-electron chi connectivity index (χ2n) is 3.62. The second kappa shape index (κ2) is 1.72. The number of rotatable bonds is 0. The summed E-state index contributed by atoms with van der Waals surface area (Å²) >= 11 is 0. The molecule has 0 radical (unpaired) electrons. The van der Waals surface area contributed by atoms with Crippen LogP contribution in [0.15, 0.2) is 0 Å². The molecule has 0 heterocycles. The van der Waals surface area contributed by atoms with Gasteiger partial charge in [-0.25, -0.2) is 0 Å². The Kier molecular flexibility index (Phi) is 1.10. The zero-order chi connectivity index (χ0) is 6.32. The van der Waals surface area contributed by atoms with Gasteiger partial charge in [0.25, 0.3) is 0 Å². The molecule has 0 aliphatic heterocycles. The third kappa shape index (κ3) is 0.644. The molecule has 0 saturated heterocycles. The summed E-state index contributed by atoms with van der Waals surface area (Å²) < 4.78 is 0. The average Bonchev–Trinajstić information content (AvgIpc) is 2.07. The highest BCUT2D eigenvalue weighted by Crippen LogP contribution is 2.52. The number of hydrogen-bond acceptors (Lipinski definition) is 1. The molecule has 1 N–H and O–H groups in total. The van der Waals surface area contributed by atoms with Gasteiger partial charge in [0.1, 0.15) is 0 Å². The van der Waals surface area contributed by atoms with Crippen molar-refractivity contribution < 1.29 is 5.11 Å². The van der Waals surface area contributed by atoms with Crippen LogP contribution in [0.3, 0.4) is 0 Å². The first kappa shape index (κ1) is 5.72. The van der Waals surface area contributed by atoms with Crippen molar-refractivity contribution in [2.75, 3.05) is 0 Å². The molecule has 1 nitrogen and oxygen atoms in total. The van der Waals surface area contributed by atoms with E-state index in [0.717, 1.165) is 6.42 Å². The quantitative estimate of drug-likeness (QED) is 0.523. The first-order chi connectivity index (χ1) is 4.33. The third-order valence-electron chi connectivity index (χ3n) is 3.21. The van der Waals surface area contributed by atoms with Gasteiger partial charge in [-0.2, -0.15) is 0 Å². The Hall–Kier alpha value is -0.0400. The standard InChI is InChI=1S/C8H14O/c9-7-3-1-4-8(7)5-2-6-8/h7,9H,1-6H2. The van der Waals surface area contributed by atoms with Gasteiger partial charge < -0.3 is 5.11 Å². The van der Waals surface area contributed by atoms with Crippen LogP contribution in [-0.4, -0.2) is 11.2 Å². The molecule has 1 unspecified atom stereocenters. The molecule has 0 aromatic rings. The van der Waals surface area contributed by atoms with Gasteiger partial charge in [-0.1, -0.05) is 12.8 Å². The van der Waals surface area contributed by atoms with Crippen molar-refractivity contribution in [1.29, 1.82) is 0 Å². The molecule has 2 fully saturated rings. The zero-order valence-electron chi connectivity index (χ0n) is 5.77. The summed E-state index contributed by atoms with van der Waals surface area (Å²) in [5.41, 5.74) is 0.431. The van der Waals surface area contributed by atoms with Gasteiger partial charge in [0.05, 0.1) is 6.10 Å². The molecule has 2 rings (SSSR count). The minimum atomic E-state index is 0.0613. The van der Waals surface area contributed by atoms with Gasteiger partial charge in [0, 0.05) is 0 Å². The highest BCUT2D eigenvalue weighted by Gasteiger charge is 2.45. The molecular formula is C8H14O. The molecule has 0 aromatic heterocycles. The van der Waals surface area contributed by atoms with E-state index in [0.29, 0.717) is 5.41 Å². The molecular weight excluding hydrogens is 112 g/mol. The first-order valence-electron chi connectivity index (χ1n) is 4.02. The Bertz CT molecular complexity index is 116. The third-order valence-corrected chi connectivity index (χ3v) is 3.21. The Balaban J connectivity index is 2.09. The average molecular weight is 126 g/mol. The first-order valence-corrected chi connectivity index (χ1v) is 4.02. The number of hydrogen-bond donors (Lipinski definition) is 1. The van der Waals surface area contributed by atoms with Crippen LogP contribution in [0.5, 0.6) is 0 Å². The smallest absolute Gasteiger partial charge is 0.0596 e. The van der Waals surface area contributed by atoms with Gasteiger partial charge in [-0.05, 0) is 31.1 Å². The number of aliphatic hydroxyl groups is 1. The molecule has 1 atom stereocenters. The summed E-state index contributed by atoms with van der Waals surface area (Å²) in [6, 6.07) is 0. The van der Waals surface area contributed by atoms with Crippen molar-refractivity contribution in [2.24, 2.45) is 5.41 Å². The van der Waals surface area contributed by atoms with E-state index < -0.39 is 0 Å². The monoisotopic (exact) mass is 126 g/mol. The molecule has 2 aliphatic rings. The van der Waals surface area contributed by atoms with E-state index in [1.54, 1.807) is 0 Å². The van der Waals surface area contributed by atoms with Gasteiger partial charge in [0.2, 0.25) is 0 Å². The van der Waals surface area contributed by atoms with E-state index in [4.69, 9.17) is 0 Å². The highest BCUT2D eigenvalue weighted by molar-refractivity contribution is 4.97. The lowest BCUT2D eigenvalue weighted by Crippen LogP contribution is -2.36. The molecule has 9 heavy (non-hydrogen) atoms. The largest absolute Gasteiger partial charge is 0.393 e. The van der Waals surface area contributed by atoms with Gasteiger partial charge in [-0.15, -0.1) is 0 Å². The lowest BCUT2D eigenvalue weighted by molar-refractivity contribution is -0.00776. The van der Waals surface area contributed by atoms with E-state index in [2.05, 4.69) is 0 Å². The maximum Gasteiger partial charge on any atom is 0.0596 e. The lowest BCUT2D eigenvalue weighted by Gasteiger charge is -2.41. The van der Waals surface area contributed by atoms with Crippen LogP contribution in [0, 0.1) is 5.41 Å². The molecule has 2 saturated carbocycles. The Morgan fingerprint density at radius 1 is 1.11 bits per heavy atom. The van der Waals surface area contributed by atoms with E-state index in [9.17, 15) is 5.11 Å². The van der Waals surface area contributed by atoms with Crippen molar-refractivity contribution in [2.45, 2.75) is 44.6 Å². The van der Waals surface area contributed by atoms with E-state index in [1.807, 2.05) is 0 Å². The maximum atomic E-state index is 9.50. The van der Waals surface area contributed by atoms with Crippen molar-refractivity contribution in [3.05, 3.63) is 0 Å². The summed E-state index contributed by atoms with van der Waals surface area (Å²) in [6.45, 7) is 0. The van der Waals surface area contributed by atoms with Crippen LogP contribution in [0.2, 0.25) is 0 Å². The van der Waals surface area contributed by atoms with Crippen LogP contribution >= 0.6 is 0 Å². The van der Waals surface area contributed by atoms with Crippen molar-refractivity contribution in [3.63, 3.8) is 0 Å². The summed E-state index contributed by atoms with van der Waals surface area (Å²) in [4.78, 5) is 0. The van der Waals surface area contributed by atoms with E-state index >= 15 is 0 Å². The fraction of sp³-hybridized carbons (Fsp3) is 1.00. The normalized spacial score (nSPS) is 39.0. The summed E-state index contributed by atoms with van der Waals surface area (Å²) in [5, 5.41) is 9.50. The fourth-order valence-electron chi connectivity index (χ4n) is 2.33.